The summed E-state index contributed by atoms with van der Waals surface area (Å²) in [4.78, 5) is 0.909. The highest BCUT2D eigenvalue weighted by molar-refractivity contribution is 7.16. The summed E-state index contributed by atoms with van der Waals surface area (Å²) in [5, 5.41) is 13.0. The number of thiophene rings is 1. The third kappa shape index (κ3) is 3.96. The molecule has 80 valence electrons. The first-order valence-electron chi connectivity index (χ1n) is 4.57. The molecule has 0 aliphatic rings. The zero-order valence-corrected chi connectivity index (χ0v) is 10.2. The molecule has 1 aromatic rings. The number of halogens is 1. The van der Waals surface area contributed by atoms with E-state index in [0.717, 1.165) is 9.21 Å². The SMILES string of the molecule is CC(C)(C)NCC(O)c1ccc(Cl)s1. The van der Waals surface area contributed by atoms with Gasteiger partial charge in [-0.1, -0.05) is 11.6 Å². The summed E-state index contributed by atoms with van der Waals surface area (Å²) in [5.41, 5.74) is 0.0298. The Morgan fingerprint density at radius 3 is 2.57 bits per heavy atom. The van der Waals surface area contributed by atoms with Crippen molar-refractivity contribution in [1.82, 2.24) is 5.32 Å². The molecule has 0 amide bonds. The summed E-state index contributed by atoms with van der Waals surface area (Å²) < 4.78 is 0.717. The van der Waals surface area contributed by atoms with Gasteiger partial charge in [0.05, 0.1) is 4.34 Å². The molecule has 2 N–H and O–H groups in total. The van der Waals surface area contributed by atoms with E-state index < -0.39 is 6.10 Å². The van der Waals surface area contributed by atoms with E-state index in [-0.39, 0.29) is 5.54 Å². The van der Waals surface area contributed by atoms with E-state index in [1.807, 2.05) is 12.1 Å². The molecule has 1 heterocycles. The highest BCUT2D eigenvalue weighted by Gasteiger charge is 2.14. The summed E-state index contributed by atoms with van der Waals surface area (Å²) in [6.07, 6.45) is -0.466. The lowest BCUT2D eigenvalue weighted by Crippen LogP contribution is -2.38. The van der Waals surface area contributed by atoms with Gasteiger partial charge in [0.1, 0.15) is 6.10 Å². The fourth-order valence-electron chi connectivity index (χ4n) is 1.01. The van der Waals surface area contributed by atoms with Crippen LogP contribution in [0.4, 0.5) is 0 Å². The van der Waals surface area contributed by atoms with Crippen molar-refractivity contribution in [3.63, 3.8) is 0 Å². The lowest BCUT2D eigenvalue weighted by atomic mass is 10.1. The van der Waals surface area contributed by atoms with Crippen molar-refractivity contribution in [2.75, 3.05) is 6.54 Å². The van der Waals surface area contributed by atoms with Gasteiger partial charge in [-0.3, -0.25) is 0 Å². The van der Waals surface area contributed by atoms with Crippen molar-refractivity contribution in [3.05, 3.63) is 21.3 Å². The summed E-state index contributed by atoms with van der Waals surface area (Å²) in [6.45, 7) is 6.77. The third-order valence-electron chi connectivity index (χ3n) is 1.75. The average Bonchev–Trinajstić information content (AvgIpc) is 2.46. The number of rotatable bonds is 3. The van der Waals surface area contributed by atoms with E-state index >= 15 is 0 Å². The van der Waals surface area contributed by atoms with Gasteiger partial charge in [0.15, 0.2) is 0 Å². The number of aliphatic hydroxyl groups is 1. The molecule has 0 aromatic carbocycles. The van der Waals surface area contributed by atoms with Gasteiger partial charge in [-0.05, 0) is 32.9 Å². The third-order valence-corrected chi connectivity index (χ3v) is 3.08. The Balaban J connectivity index is 2.47. The lowest BCUT2D eigenvalue weighted by molar-refractivity contribution is 0.167. The maximum Gasteiger partial charge on any atom is 0.101 e. The van der Waals surface area contributed by atoms with Crippen LogP contribution in [0.1, 0.15) is 31.8 Å². The molecule has 14 heavy (non-hydrogen) atoms. The van der Waals surface area contributed by atoms with Crippen molar-refractivity contribution < 1.29 is 5.11 Å². The topological polar surface area (TPSA) is 32.3 Å². The van der Waals surface area contributed by atoms with Crippen LogP contribution in [0.3, 0.4) is 0 Å². The first-order chi connectivity index (χ1) is 6.38. The standard InChI is InChI=1S/C10H16ClNOS/c1-10(2,3)12-6-7(13)8-4-5-9(11)14-8/h4-5,7,12-13H,6H2,1-3H3. The first kappa shape index (κ1) is 12.0. The number of nitrogens with one attached hydrogen (secondary N) is 1. The summed E-state index contributed by atoms with van der Waals surface area (Å²) in [6, 6.07) is 3.67. The Bertz CT molecular complexity index is 293. The van der Waals surface area contributed by atoms with E-state index in [9.17, 15) is 5.11 Å². The Morgan fingerprint density at radius 1 is 1.50 bits per heavy atom. The summed E-state index contributed by atoms with van der Waals surface area (Å²) in [7, 11) is 0. The molecular weight excluding hydrogens is 218 g/mol. The minimum atomic E-state index is -0.466. The van der Waals surface area contributed by atoms with Crippen LogP contribution in [0.15, 0.2) is 12.1 Å². The van der Waals surface area contributed by atoms with Crippen LogP contribution in [-0.4, -0.2) is 17.2 Å². The predicted octanol–water partition coefficient (Wildman–Crippen LogP) is 2.82. The zero-order chi connectivity index (χ0) is 10.8. The molecule has 0 radical (unpaired) electrons. The summed E-state index contributed by atoms with van der Waals surface area (Å²) >= 11 is 7.20. The zero-order valence-electron chi connectivity index (χ0n) is 8.67. The Hall–Kier alpha value is -0.0900. The fraction of sp³-hybridized carbons (Fsp3) is 0.600. The minimum Gasteiger partial charge on any atom is -0.386 e. The van der Waals surface area contributed by atoms with E-state index in [4.69, 9.17) is 11.6 Å². The smallest absolute Gasteiger partial charge is 0.101 e. The largest absolute Gasteiger partial charge is 0.386 e. The maximum absolute atomic E-state index is 9.79. The molecule has 1 unspecified atom stereocenters. The van der Waals surface area contributed by atoms with Crippen LogP contribution in [0.2, 0.25) is 4.34 Å². The molecule has 1 aromatic heterocycles. The van der Waals surface area contributed by atoms with Crippen molar-refractivity contribution >= 4 is 22.9 Å². The van der Waals surface area contributed by atoms with Gasteiger partial charge in [-0.25, -0.2) is 0 Å². The minimum absolute atomic E-state index is 0.0298. The normalized spacial score (nSPS) is 14.4. The second kappa shape index (κ2) is 4.62. The molecule has 0 bridgehead atoms. The summed E-state index contributed by atoms with van der Waals surface area (Å²) in [5.74, 6) is 0. The maximum atomic E-state index is 9.79. The van der Waals surface area contributed by atoms with Crippen molar-refractivity contribution in [1.29, 1.82) is 0 Å². The molecule has 0 fully saturated rings. The molecule has 2 nitrogen and oxygen atoms in total. The number of hydrogen-bond donors (Lipinski definition) is 2. The monoisotopic (exact) mass is 233 g/mol. The Labute approximate surface area is 93.9 Å². The molecule has 0 saturated carbocycles. The first-order valence-corrected chi connectivity index (χ1v) is 5.76. The predicted molar refractivity (Wildman–Crippen MR) is 62.0 cm³/mol. The van der Waals surface area contributed by atoms with Crippen LogP contribution in [0.5, 0.6) is 0 Å². The van der Waals surface area contributed by atoms with E-state index in [2.05, 4.69) is 26.1 Å². The highest BCUT2D eigenvalue weighted by Crippen LogP contribution is 2.26. The second-order valence-electron chi connectivity index (χ2n) is 4.29. The van der Waals surface area contributed by atoms with E-state index in [1.54, 1.807) is 0 Å². The highest BCUT2D eigenvalue weighted by atomic mass is 35.5. The molecule has 0 aliphatic carbocycles. The molecule has 0 spiro atoms. The second-order valence-corrected chi connectivity index (χ2v) is 6.04. The molecule has 1 rings (SSSR count). The van der Waals surface area contributed by atoms with Gasteiger partial charge in [0.2, 0.25) is 0 Å². The van der Waals surface area contributed by atoms with Gasteiger partial charge >= 0.3 is 0 Å². The number of β-amino-alcohol motifs (C(OH)–C–C–N with tert-alkyl or cyclic N) is 1. The van der Waals surface area contributed by atoms with Gasteiger partial charge in [0.25, 0.3) is 0 Å². The van der Waals surface area contributed by atoms with Gasteiger partial charge in [0, 0.05) is 17.0 Å². The molecule has 4 heteroatoms. The number of aliphatic hydroxyl groups excluding tert-OH is 1. The van der Waals surface area contributed by atoms with E-state index in [0.29, 0.717) is 6.54 Å². The number of hydrogen-bond acceptors (Lipinski definition) is 3. The molecule has 0 aliphatic heterocycles. The Morgan fingerprint density at radius 2 is 2.14 bits per heavy atom. The van der Waals surface area contributed by atoms with E-state index in [1.165, 1.54) is 11.3 Å². The van der Waals surface area contributed by atoms with Crippen molar-refractivity contribution in [2.45, 2.75) is 32.4 Å². The van der Waals surface area contributed by atoms with Crippen LogP contribution in [0.25, 0.3) is 0 Å². The van der Waals surface area contributed by atoms with Crippen LogP contribution in [-0.2, 0) is 0 Å². The quantitative estimate of drug-likeness (QED) is 0.842. The Kier molecular flexibility index (Phi) is 3.95. The molecule has 1 atom stereocenters. The fourth-order valence-corrected chi connectivity index (χ4v) is 2.06. The lowest BCUT2D eigenvalue weighted by Gasteiger charge is -2.22. The van der Waals surface area contributed by atoms with Gasteiger partial charge < -0.3 is 10.4 Å². The average molecular weight is 234 g/mol. The van der Waals surface area contributed by atoms with Gasteiger partial charge in [-0.15, -0.1) is 11.3 Å². The van der Waals surface area contributed by atoms with Crippen LogP contribution < -0.4 is 5.32 Å². The van der Waals surface area contributed by atoms with Crippen molar-refractivity contribution in [3.8, 4) is 0 Å². The van der Waals surface area contributed by atoms with Crippen molar-refractivity contribution in [2.24, 2.45) is 0 Å². The van der Waals surface area contributed by atoms with Gasteiger partial charge in [-0.2, -0.15) is 0 Å². The van der Waals surface area contributed by atoms with Crippen LogP contribution in [0, 0.1) is 0 Å². The van der Waals surface area contributed by atoms with Crippen LogP contribution >= 0.6 is 22.9 Å². The molecular formula is C10H16ClNOS. The molecule has 0 saturated heterocycles.